The predicted molar refractivity (Wildman–Crippen MR) is 136 cm³/mol. The quantitative estimate of drug-likeness (QED) is 0.329. The van der Waals surface area contributed by atoms with Gasteiger partial charge in [0.1, 0.15) is 0 Å². The van der Waals surface area contributed by atoms with Crippen molar-refractivity contribution >= 4 is 34.4 Å². The molecule has 1 unspecified atom stereocenters. The molecule has 0 aromatic heterocycles. The molecule has 1 aliphatic rings. The van der Waals surface area contributed by atoms with Crippen molar-refractivity contribution in [3.63, 3.8) is 0 Å². The summed E-state index contributed by atoms with van der Waals surface area (Å²) in [4.78, 5) is 0.340. The Kier molecular flexibility index (Phi) is 6.06. The highest BCUT2D eigenvalue weighted by Gasteiger charge is 2.49. The Morgan fingerprint density at radius 1 is 0.636 bits per heavy atom. The van der Waals surface area contributed by atoms with Gasteiger partial charge in [-0.05, 0) is 34.4 Å². The maximum absolute atomic E-state index is 14.1. The zero-order chi connectivity index (χ0) is 22.8. The Balaban J connectivity index is 1.81. The highest BCUT2D eigenvalue weighted by atomic mass is 32.2. The van der Waals surface area contributed by atoms with Gasteiger partial charge in [-0.3, -0.25) is 3.29 Å². The van der Waals surface area contributed by atoms with Crippen molar-refractivity contribution in [1.82, 2.24) is 3.29 Å². The summed E-state index contributed by atoms with van der Waals surface area (Å²) in [5.41, 5.74) is 4.24. The minimum Gasteiger partial charge on any atom is -0.265 e. The first kappa shape index (κ1) is 21.9. The van der Waals surface area contributed by atoms with Gasteiger partial charge in [-0.25, -0.2) is 8.42 Å². The Morgan fingerprint density at radius 3 is 1.64 bits per heavy atom. The Bertz CT molecular complexity index is 1370. The fraction of sp³-hybridized carbons (Fsp3) is 0.0714. The van der Waals surface area contributed by atoms with Crippen molar-refractivity contribution in [2.75, 3.05) is 0 Å². The van der Waals surface area contributed by atoms with Crippen molar-refractivity contribution in [3.8, 4) is 0 Å². The van der Waals surface area contributed by atoms with Crippen molar-refractivity contribution < 1.29 is 8.42 Å². The average molecular weight is 466 g/mol. The number of rotatable bonds is 5. The SMILES string of the molecule is [CH3][Al]1[C](c2ccccc2)=C(c2ccccc2)C(c2ccccc2)[N]1S(=O)(=O)c1ccccc1. The molecule has 4 aromatic rings. The minimum absolute atomic E-state index is 0.340. The van der Waals surface area contributed by atoms with Crippen LogP contribution in [0.4, 0.5) is 0 Å². The molecule has 0 amide bonds. The van der Waals surface area contributed by atoms with Crippen LogP contribution in [-0.2, 0) is 10.0 Å². The molecule has 3 nitrogen and oxygen atoms in total. The van der Waals surface area contributed by atoms with Gasteiger partial charge in [-0.2, -0.15) is 0 Å². The smallest absolute Gasteiger partial charge is 0.265 e. The summed E-state index contributed by atoms with van der Waals surface area (Å²) < 4.78 is 31.2. The Morgan fingerprint density at radius 2 is 1.09 bits per heavy atom. The molecule has 5 heteroatoms. The number of nitrogens with zero attached hydrogens (tertiary/aromatic N) is 1. The summed E-state index contributed by atoms with van der Waals surface area (Å²) in [6.07, 6.45) is 0. The van der Waals surface area contributed by atoms with Crippen LogP contribution in [0.15, 0.2) is 126 Å². The van der Waals surface area contributed by atoms with Crippen LogP contribution in [0.3, 0.4) is 0 Å². The third-order valence-electron chi connectivity index (χ3n) is 6.22. The molecule has 5 rings (SSSR count). The van der Waals surface area contributed by atoms with Crippen molar-refractivity contribution in [3.05, 3.63) is 138 Å². The first-order valence-electron chi connectivity index (χ1n) is 11.1. The second kappa shape index (κ2) is 9.13. The van der Waals surface area contributed by atoms with Gasteiger partial charge in [-0.15, -0.1) is 0 Å². The third-order valence-corrected chi connectivity index (χ3v) is 12.2. The molecule has 1 aliphatic heterocycles. The Labute approximate surface area is 200 Å². The highest BCUT2D eigenvalue weighted by molar-refractivity contribution is 7.90. The lowest BCUT2D eigenvalue weighted by Gasteiger charge is -2.30. The molecule has 0 bridgehead atoms. The van der Waals surface area contributed by atoms with Crippen LogP contribution in [-0.4, -0.2) is 26.1 Å². The maximum atomic E-state index is 14.1. The molecule has 0 radical (unpaired) electrons. The second-order valence-electron chi connectivity index (χ2n) is 8.20. The molecule has 4 aromatic carbocycles. The largest absolute Gasteiger partial charge is 0.431 e. The van der Waals surface area contributed by atoms with E-state index < -0.39 is 24.4 Å². The summed E-state index contributed by atoms with van der Waals surface area (Å²) in [6, 6.07) is 38.9. The van der Waals surface area contributed by atoms with E-state index >= 15 is 0 Å². The van der Waals surface area contributed by atoms with Crippen LogP contribution in [0.2, 0.25) is 5.79 Å². The van der Waals surface area contributed by atoms with E-state index in [-0.39, 0.29) is 6.04 Å². The summed E-state index contributed by atoms with van der Waals surface area (Å²) in [5.74, 6) is 2.13. The average Bonchev–Trinajstić information content (AvgIpc) is 3.19. The monoisotopic (exact) mass is 465 g/mol. The normalized spacial score (nSPS) is 16.9. The summed E-state index contributed by atoms with van der Waals surface area (Å²) in [5, 5.41) is 0. The minimum atomic E-state index is -3.71. The molecule has 0 N–H and O–H groups in total. The third kappa shape index (κ3) is 3.99. The van der Waals surface area contributed by atoms with Crippen LogP contribution < -0.4 is 0 Å². The fourth-order valence-electron chi connectivity index (χ4n) is 4.81. The van der Waals surface area contributed by atoms with Crippen molar-refractivity contribution in [1.29, 1.82) is 0 Å². The molecule has 0 aliphatic carbocycles. The first-order valence-corrected chi connectivity index (χ1v) is 14.8. The van der Waals surface area contributed by atoms with Crippen LogP contribution in [0.1, 0.15) is 22.7 Å². The van der Waals surface area contributed by atoms with E-state index in [2.05, 4.69) is 30.1 Å². The van der Waals surface area contributed by atoms with Gasteiger partial charge in [0, 0.05) is 0 Å². The van der Waals surface area contributed by atoms with Crippen LogP contribution in [0.25, 0.3) is 10.0 Å². The molecule has 33 heavy (non-hydrogen) atoms. The van der Waals surface area contributed by atoms with Crippen LogP contribution in [0, 0.1) is 0 Å². The van der Waals surface area contributed by atoms with E-state index in [1.807, 2.05) is 76.1 Å². The number of benzene rings is 4. The highest BCUT2D eigenvalue weighted by Crippen LogP contribution is 2.50. The van der Waals surface area contributed by atoms with Crippen LogP contribution in [0.5, 0.6) is 0 Å². The van der Waals surface area contributed by atoms with Gasteiger partial charge in [0.25, 0.3) is 0 Å². The zero-order valence-corrected chi connectivity index (χ0v) is 20.3. The van der Waals surface area contributed by atoms with Crippen LogP contribution >= 0.6 is 0 Å². The maximum Gasteiger partial charge on any atom is 0.431 e. The van der Waals surface area contributed by atoms with E-state index in [0.717, 1.165) is 22.3 Å². The standard InChI is InChI=1S/C27H21NO2S.CH3.Al/c29-31(30,25-19-11-4-12-20-25)28-27(24-17-9-3-10-18-24)26(23-15-7-2-8-16-23)21-22-13-5-1-6-14-22;;/h1-20,27H;1H3;/q-1;;+1. The van der Waals surface area contributed by atoms with E-state index in [4.69, 9.17) is 0 Å². The molecule has 1 atom stereocenters. The molecule has 162 valence electrons. The van der Waals surface area contributed by atoms with Gasteiger partial charge < -0.3 is 0 Å². The number of sulfonamides is 1. The van der Waals surface area contributed by atoms with E-state index in [0.29, 0.717) is 4.90 Å². The van der Waals surface area contributed by atoms with E-state index in [9.17, 15) is 8.42 Å². The predicted octanol–water partition coefficient (Wildman–Crippen LogP) is 6.20. The summed E-state index contributed by atoms with van der Waals surface area (Å²) in [7, 11) is -3.71. The lowest BCUT2D eigenvalue weighted by molar-refractivity contribution is 0.510. The molecule has 0 saturated heterocycles. The lowest BCUT2D eigenvalue weighted by Crippen LogP contribution is -2.40. The number of hydrogen-bond donors (Lipinski definition) is 0. The Hall–Kier alpha value is -2.94. The van der Waals surface area contributed by atoms with Gasteiger partial charge in [0.15, 0.2) is 0 Å². The second-order valence-corrected chi connectivity index (χ2v) is 12.9. The summed E-state index contributed by atoms with van der Waals surface area (Å²) in [6.45, 7) is 0. The topological polar surface area (TPSA) is 37.4 Å². The molecule has 0 fully saturated rings. The van der Waals surface area contributed by atoms with E-state index in [1.165, 1.54) is 4.44 Å². The van der Waals surface area contributed by atoms with Gasteiger partial charge in [0.2, 0.25) is 10.0 Å². The molecular weight excluding hydrogens is 441 g/mol. The first-order chi connectivity index (χ1) is 16.1. The van der Waals surface area contributed by atoms with Gasteiger partial charge in [0.05, 0.1) is 10.9 Å². The number of hydrogen-bond acceptors (Lipinski definition) is 2. The van der Waals surface area contributed by atoms with Gasteiger partial charge >= 0.3 is 14.4 Å². The van der Waals surface area contributed by atoms with Crippen molar-refractivity contribution in [2.24, 2.45) is 0 Å². The lowest BCUT2D eigenvalue weighted by atomic mass is 9.92. The zero-order valence-electron chi connectivity index (χ0n) is 18.4. The summed E-state index contributed by atoms with van der Waals surface area (Å²) >= 11 is -2.13. The van der Waals surface area contributed by atoms with E-state index in [1.54, 1.807) is 24.3 Å². The van der Waals surface area contributed by atoms with Gasteiger partial charge in [-0.1, -0.05) is 119 Å². The molecular formula is C28H24AlNO2S. The molecule has 1 heterocycles. The fourth-order valence-corrected chi connectivity index (χ4v) is 10.9. The molecule has 0 spiro atoms. The molecule has 0 saturated carbocycles. The van der Waals surface area contributed by atoms with Crippen molar-refractivity contribution in [2.45, 2.75) is 16.7 Å².